The van der Waals surface area contributed by atoms with Crippen LogP contribution < -0.4 is 10.5 Å². The van der Waals surface area contributed by atoms with Gasteiger partial charge in [0.1, 0.15) is 11.3 Å². The highest BCUT2D eigenvalue weighted by molar-refractivity contribution is 5.84. The second kappa shape index (κ2) is 5.24. The molecule has 1 aromatic carbocycles. The molecule has 104 valence electrons. The maximum absolute atomic E-state index is 6.01. The van der Waals surface area contributed by atoms with Gasteiger partial charge in [-0.1, -0.05) is 6.07 Å². The van der Waals surface area contributed by atoms with E-state index in [0.29, 0.717) is 5.95 Å². The lowest BCUT2D eigenvalue weighted by molar-refractivity contribution is 0.419. The summed E-state index contributed by atoms with van der Waals surface area (Å²) in [5, 5.41) is 0. The van der Waals surface area contributed by atoms with Gasteiger partial charge < -0.3 is 19.6 Å². The lowest BCUT2D eigenvalue weighted by Gasteiger charge is -2.07. The van der Waals surface area contributed by atoms with E-state index >= 15 is 0 Å². The number of hydrogen-bond donors (Lipinski definition) is 1. The van der Waals surface area contributed by atoms with Gasteiger partial charge in [-0.3, -0.25) is 0 Å². The third-order valence-electron chi connectivity index (χ3n) is 3.35. The van der Waals surface area contributed by atoms with Crippen LogP contribution in [0.5, 0.6) is 5.75 Å². The smallest absolute Gasteiger partial charge is 0.201 e. The van der Waals surface area contributed by atoms with E-state index in [2.05, 4.69) is 14.5 Å². The minimum atomic E-state index is 0.523. The van der Waals surface area contributed by atoms with Gasteiger partial charge in [-0.15, -0.1) is 0 Å². The van der Waals surface area contributed by atoms with Crippen LogP contribution in [-0.4, -0.2) is 26.2 Å². The first kappa shape index (κ1) is 12.5. The monoisotopic (exact) mass is 271 g/mol. The fourth-order valence-electron chi connectivity index (χ4n) is 2.37. The molecule has 6 heteroatoms. The van der Waals surface area contributed by atoms with Crippen LogP contribution in [0.3, 0.4) is 0 Å². The van der Waals surface area contributed by atoms with Crippen molar-refractivity contribution >= 4 is 17.0 Å². The lowest BCUT2D eigenvalue weighted by atomic mass is 10.3. The van der Waals surface area contributed by atoms with E-state index in [9.17, 15) is 0 Å². The highest BCUT2D eigenvalue weighted by Crippen LogP contribution is 2.26. The van der Waals surface area contributed by atoms with Gasteiger partial charge in [-0.05, 0) is 18.6 Å². The first-order chi connectivity index (χ1) is 9.79. The zero-order valence-electron chi connectivity index (χ0n) is 11.4. The first-order valence-electron chi connectivity index (χ1n) is 6.54. The number of nitrogen functional groups attached to an aromatic ring is 1. The lowest BCUT2D eigenvalue weighted by Crippen LogP contribution is -2.06. The van der Waals surface area contributed by atoms with E-state index in [1.807, 2.05) is 35.3 Å². The van der Waals surface area contributed by atoms with E-state index in [-0.39, 0.29) is 0 Å². The summed E-state index contributed by atoms with van der Waals surface area (Å²) >= 11 is 0. The molecule has 0 saturated carbocycles. The number of benzene rings is 1. The van der Waals surface area contributed by atoms with Crippen molar-refractivity contribution in [2.75, 3.05) is 12.8 Å². The molecule has 2 aromatic heterocycles. The third-order valence-corrected chi connectivity index (χ3v) is 3.35. The van der Waals surface area contributed by atoms with Crippen molar-refractivity contribution in [3.05, 3.63) is 36.9 Å². The summed E-state index contributed by atoms with van der Waals surface area (Å²) in [6, 6.07) is 5.86. The molecule has 0 aliphatic rings. The second-order valence-electron chi connectivity index (χ2n) is 4.60. The van der Waals surface area contributed by atoms with E-state index in [1.165, 1.54) is 0 Å². The van der Waals surface area contributed by atoms with Crippen LogP contribution in [0, 0.1) is 0 Å². The van der Waals surface area contributed by atoms with Crippen molar-refractivity contribution in [3.63, 3.8) is 0 Å². The molecule has 0 bridgehead atoms. The molecule has 0 saturated heterocycles. The Morgan fingerprint density at radius 1 is 1.30 bits per heavy atom. The molecule has 0 atom stereocenters. The summed E-state index contributed by atoms with van der Waals surface area (Å²) in [7, 11) is 1.64. The van der Waals surface area contributed by atoms with Gasteiger partial charge in [0.15, 0.2) is 0 Å². The predicted octanol–water partition coefficient (Wildman–Crippen LogP) is 1.91. The fourth-order valence-corrected chi connectivity index (χ4v) is 2.37. The number of imidazole rings is 2. The number of hydrogen-bond acceptors (Lipinski definition) is 4. The van der Waals surface area contributed by atoms with Crippen LogP contribution in [0.4, 0.5) is 5.95 Å². The average molecular weight is 271 g/mol. The van der Waals surface area contributed by atoms with Gasteiger partial charge in [-0.2, -0.15) is 0 Å². The Hall–Kier alpha value is -2.50. The standard InChI is InChI=1S/C14H17N5O/c1-20-12-5-2-4-11-13(12)17-14(15)19(11)8-3-7-18-9-6-16-10-18/h2,4-6,9-10H,3,7-8H2,1H3,(H2,15,17). The molecule has 0 aliphatic heterocycles. The van der Waals surface area contributed by atoms with Crippen molar-refractivity contribution < 1.29 is 4.74 Å². The molecule has 2 N–H and O–H groups in total. The molecular weight excluding hydrogens is 254 g/mol. The average Bonchev–Trinajstić information content (AvgIpc) is 3.07. The highest BCUT2D eigenvalue weighted by Gasteiger charge is 2.11. The first-order valence-corrected chi connectivity index (χ1v) is 6.54. The number of nitrogens with two attached hydrogens (primary N) is 1. The van der Waals surface area contributed by atoms with Crippen LogP contribution >= 0.6 is 0 Å². The molecule has 0 unspecified atom stereocenters. The zero-order valence-corrected chi connectivity index (χ0v) is 11.4. The van der Waals surface area contributed by atoms with Gasteiger partial charge in [0.2, 0.25) is 5.95 Å². The van der Waals surface area contributed by atoms with E-state index in [0.717, 1.165) is 36.3 Å². The number of ether oxygens (including phenoxy) is 1. The topological polar surface area (TPSA) is 70.9 Å². The van der Waals surface area contributed by atoms with Crippen molar-refractivity contribution in [1.82, 2.24) is 19.1 Å². The van der Waals surface area contributed by atoms with E-state index in [1.54, 1.807) is 13.3 Å². The summed E-state index contributed by atoms with van der Waals surface area (Å²) in [4.78, 5) is 8.43. The number of rotatable bonds is 5. The number of nitrogens with zero attached hydrogens (tertiary/aromatic N) is 4. The van der Waals surface area contributed by atoms with Crippen molar-refractivity contribution in [3.8, 4) is 5.75 Å². The third kappa shape index (κ3) is 2.20. The van der Waals surface area contributed by atoms with Gasteiger partial charge in [0.25, 0.3) is 0 Å². The van der Waals surface area contributed by atoms with Crippen molar-refractivity contribution in [2.24, 2.45) is 0 Å². The summed E-state index contributed by atoms with van der Waals surface area (Å²) in [5.41, 5.74) is 7.84. The predicted molar refractivity (Wildman–Crippen MR) is 77.5 cm³/mol. The van der Waals surface area contributed by atoms with Gasteiger partial charge in [-0.25, -0.2) is 9.97 Å². The molecule has 3 rings (SSSR count). The summed E-state index contributed by atoms with van der Waals surface area (Å²) < 4.78 is 9.39. The summed E-state index contributed by atoms with van der Waals surface area (Å²) in [6.07, 6.45) is 6.52. The zero-order chi connectivity index (χ0) is 13.9. The largest absolute Gasteiger partial charge is 0.494 e. The quantitative estimate of drug-likeness (QED) is 0.769. The molecule has 0 aliphatic carbocycles. The molecule has 6 nitrogen and oxygen atoms in total. The summed E-state index contributed by atoms with van der Waals surface area (Å²) in [6.45, 7) is 1.72. The number of anilines is 1. The number of aryl methyl sites for hydroxylation is 2. The Morgan fingerprint density at radius 3 is 2.95 bits per heavy atom. The molecule has 0 fully saturated rings. The summed E-state index contributed by atoms with van der Waals surface area (Å²) in [5.74, 6) is 1.28. The molecule has 2 heterocycles. The Balaban J connectivity index is 1.82. The van der Waals surface area contributed by atoms with E-state index < -0.39 is 0 Å². The van der Waals surface area contributed by atoms with Crippen LogP contribution in [-0.2, 0) is 13.1 Å². The van der Waals surface area contributed by atoms with Gasteiger partial charge in [0.05, 0.1) is 19.0 Å². The second-order valence-corrected chi connectivity index (χ2v) is 4.60. The van der Waals surface area contributed by atoms with Crippen LogP contribution in [0.1, 0.15) is 6.42 Å². The molecular formula is C14H17N5O. The molecule has 0 amide bonds. The number of aromatic nitrogens is 4. The SMILES string of the molecule is COc1cccc2c1nc(N)n2CCCn1ccnc1. The Kier molecular flexibility index (Phi) is 3.28. The normalized spacial score (nSPS) is 11.1. The van der Waals surface area contributed by atoms with Crippen LogP contribution in [0.15, 0.2) is 36.9 Å². The fraction of sp³-hybridized carbons (Fsp3) is 0.286. The van der Waals surface area contributed by atoms with Crippen LogP contribution in [0.2, 0.25) is 0 Å². The Bertz CT molecular complexity index is 702. The maximum atomic E-state index is 6.01. The number of methoxy groups -OCH3 is 1. The molecule has 20 heavy (non-hydrogen) atoms. The molecule has 0 spiro atoms. The van der Waals surface area contributed by atoms with Crippen molar-refractivity contribution in [2.45, 2.75) is 19.5 Å². The number of para-hydroxylation sites is 1. The Morgan fingerprint density at radius 2 is 2.20 bits per heavy atom. The Labute approximate surface area is 116 Å². The van der Waals surface area contributed by atoms with Gasteiger partial charge >= 0.3 is 0 Å². The maximum Gasteiger partial charge on any atom is 0.201 e. The van der Waals surface area contributed by atoms with E-state index in [4.69, 9.17) is 10.5 Å². The van der Waals surface area contributed by atoms with Crippen LogP contribution in [0.25, 0.3) is 11.0 Å². The molecule has 0 radical (unpaired) electrons. The van der Waals surface area contributed by atoms with Gasteiger partial charge in [0, 0.05) is 25.5 Å². The number of fused-ring (bicyclic) bond motifs is 1. The minimum absolute atomic E-state index is 0.523. The molecule has 3 aromatic rings. The minimum Gasteiger partial charge on any atom is -0.494 e. The van der Waals surface area contributed by atoms with Crippen molar-refractivity contribution in [1.29, 1.82) is 0 Å². The highest BCUT2D eigenvalue weighted by atomic mass is 16.5.